The van der Waals surface area contributed by atoms with Crippen LogP contribution >= 0.6 is 12.4 Å². The van der Waals surface area contributed by atoms with Gasteiger partial charge in [-0.2, -0.15) is 0 Å². The van der Waals surface area contributed by atoms with Gasteiger partial charge < -0.3 is 20.1 Å². The number of halogens is 1. The largest absolute Gasteiger partial charge is 0.497 e. The third kappa shape index (κ3) is 4.73. The minimum absolute atomic E-state index is 0. The molecule has 2 aromatic rings. The van der Waals surface area contributed by atoms with Crippen molar-refractivity contribution in [1.29, 1.82) is 0 Å². The predicted molar refractivity (Wildman–Crippen MR) is 108 cm³/mol. The smallest absolute Gasteiger partial charge is 0.227 e. The molecule has 3 rings (SSSR count). The van der Waals surface area contributed by atoms with Gasteiger partial charge in [-0.3, -0.25) is 4.79 Å². The molecule has 1 amide bonds. The quantitative estimate of drug-likeness (QED) is 0.818. The van der Waals surface area contributed by atoms with Crippen LogP contribution in [0.2, 0.25) is 0 Å². The van der Waals surface area contributed by atoms with E-state index in [0.717, 1.165) is 29.0 Å². The Morgan fingerprint density at radius 2 is 2.04 bits per heavy atom. The molecule has 1 heterocycles. The van der Waals surface area contributed by atoms with Crippen LogP contribution in [0.3, 0.4) is 0 Å². The summed E-state index contributed by atoms with van der Waals surface area (Å²) >= 11 is 0. The Balaban J connectivity index is 0.00000261. The van der Waals surface area contributed by atoms with Gasteiger partial charge in [0.05, 0.1) is 19.8 Å². The van der Waals surface area contributed by atoms with Crippen LogP contribution in [0.25, 0.3) is 0 Å². The van der Waals surface area contributed by atoms with Gasteiger partial charge in [-0.05, 0) is 23.8 Å². The van der Waals surface area contributed by atoms with Crippen LogP contribution in [0.15, 0.2) is 48.5 Å². The molecule has 6 heteroatoms. The second-order valence-electron chi connectivity index (χ2n) is 6.65. The number of ether oxygens (including phenoxy) is 2. The third-order valence-corrected chi connectivity index (χ3v) is 4.85. The summed E-state index contributed by atoms with van der Waals surface area (Å²) in [5, 5.41) is 0. The monoisotopic (exact) mass is 390 g/mol. The van der Waals surface area contributed by atoms with E-state index in [-0.39, 0.29) is 30.3 Å². The van der Waals surface area contributed by atoms with Gasteiger partial charge in [0, 0.05) is 31.0 Å². The molecule has 1 aliphatic rings. The number of hydrogen-bond donors (Lipinski definition) is 1. The first-order valence-corrected chi connectivity index (χ1v) is 8.99. The highest BCUT2D eigenvalue weighted by Crippen LogP contribution is 2.39. The van der Waals surface area contributed by atoms with Crippen molar-refractivity contribution in [1.82, 2.24) is 4.90 Å². The first-order valence-electron chi connectivity index (χ1n) is 8.99. The fourth-order valence-corrected chi connectivity index (χ4v) is 3.31. The van der Waals surface area contributed by atoms with Crippen LogP contribution in [0.4, 0.5) is 0 Å². The second-order valence-corrected chi connectivity index (χ2v) is 6.65. The molecule has 0 aromatic heterocycles. The van der Waals surface area contributed by atoms with Gasteiger partial charge in [0.1, 0.15) is 11.5 Å². The number of nitrogens with two attached hydrogens (primary N) is 1. The average molecular weight is 391 g/mol. The van der Waals surface area contributed by atoms with Gasteiger partial charge in [0.2, 0.25) is 5.91 Å². The van der Waals surface area contributed by atoms with Crippen molar-refractivity contribution in [3.8, 4) is 11.5 Å². The summed E-state index contributed by atoms with van der Waals surface area (Å²) in [7, 11) is 1.64. The lowest BCUT2D eigenvalue weighted by molar-refractivity contribution is -0.138. The molecule has 0 fully saturated rings. The molecular weight excluding hydrogens is 364 g/mol. The number of amides is 1. The third-order valence-electron chi connectivity index (χ3n) is 4.85. The summed E-state index contributed by atoms with van der Waals surface area (Å²) in [4.78, 5) is 15.1. The highest BCUT2D eigenvalue weighted by molar-refractivity contribution is 5.85. The molecule has 0 bridgehead atoms. The van der Waals surface area contributed by atoms with E-state index in [1.165, 1.54) is 0 Å². The average Bonchev–Trinajstić information content (AvgIpc) is 2.71. The van der Waals surface area contributed by atoms with E-state index in [1.54, 1.807) is 7.11 Å². The summed E-state index contributed by atoms with van der Waals surface area (Å²) < 4.78 is 11.2. The van der Waals surface area contributed by atoms with E-state index in [1.807, 2.05) is 60.4 Å². The van der Waals surface area contributed by atoms with E-state index in [9.17, 15) is 4.79 Å². The molecule has 0 spiro atoms. The minimum atomic E-state index is -0.226. The lowest BCUT2D eigenvalue weighted by Crippen LogP contribution is -2.41. The Bertz CT molecular complexity index is 754. The Hall–Kier alpha value is -2.24. The lowest BCUT2D eigenvalue weighted by Gasteiger charge is -2.37. The zero-order chi connectivity index (χ0) is 18.5. The van der Waals surface area contributed by atoms with Crippen molar-refractivity contribution in [2.24, 2.45) is 11.7 Å². The number of rotatable bonds is 6. The van der Waals surface area contributed by atoms with Gasteiger partial charge in [-0.1, -0.05) is 37.3 Å². The van der Waals surface area contributed by atoms with Gasteiger partial charge in [0.25, 0.3) is 0 Å². The summed E-state index contributed by atoms with van der Waals surface area (Å²) in [6, 6.07) is 15.8. The van der Waals surface area contributed by atoms with Crippen molar-refractivity contribution < 1.29 is 14.3 Å². The predicted octanol–water partition coefficient (Wildman–Crippen LogP) is 3.56. The molecule has 146 valence electrons. The Morgan fingerprint density at radius 3 is 2.70 bits per heavy atom. The Kier molecular flexibility index (Phi) is 7.51. The maximum Gasteiger partial charge on any atom is 0.227 e. The first-order chi connectivity index (χ1) is 12.6. The number of carbonyl (C=O) groups is 1. The van der Waals surface area contributed by atoms with Gasteiger partial charge >= 0.3 is 0 Å². The fraction of sp³-hybridized carbons (Fsp3) is 0.381. The summed E-state index contributed by atoms with van der Waals surface area (Å²) in [6.45, 7) is 3.34. The number of carbonyl (C=O) groups excluding carboxylic acids is 1. The van der Waals surface area contributed by atoms with Crippen molar-refractivity contribution in [2.45, 2.75) is 25.9 Å². The van der Waals surface area contributed by atoms with E-state index in [2.05, 4.69) is 0 Å². The molecule has 1 aliphatic heterocycles. The molecular formula is C21H27ClN2O3. The molecule has 5 nitrogen and oxygen atoms in total. The topological polar surface area (TPSA) is 64.8 Å². The fourth-order valence-electron chi connectivity index (χ4n) is 3.31. The standard InChI is InChI=1S/C21H26N2O3.ClH/c1-15(13-22)21(24)23(14-16-6-4-3-5-7-16)19-10-11-26-20-9-8-17(25-2)12-18(19)20;/h3-9,12,15,19H,10-11,13-14,22H2,1-2H3;1H. The maximum atomic E-state index is 13.1. The maximum absolute atomic E-state index is 13.1. The number of methoxy groups -OCH3 is 1. The minimum Gasteiger partial charge on any atom is -0.497 e. The number of nitrogens with zero attached hydrogens (tertiary/aromatic N) is 1. The second kappa shape index (κ2) is 9.62. The number of fused-ring (bicyclic) bond motifs is 1. The van der Waals surface area contributed by atoms with Gasteiger partial charge in [-0.25, -0.2) is 0 Å². The molecule has 0 radical (unpaired) electrons. The lowest BCUT2D eigenvalue weighted by atomic mass is 9.96. The van der Waals surface area contributed by atoms with Crippen molar-refractivity contribution >= 4 is 18.3 Å². The molecule has 2 aromatic carbocycles. The van der Waals surface area contributed by atoms with Crippen LogP contribution in [0, 0.1) is 5.92 Å². The summed E-state index contributed by atoms with van der Waals surface area (Å²) in [5.41, 5.74) is 7.87. The summed E-state index contributed by atoms with van der Waals surface area (Å²) in [6.07, 6.45) is 0.746. The van der Waals surface area contributed by atoms with Crippen molar-refractivity contribution in [3.63, 3.8) is 0 Å². The molecule has 2 unspecified atom stereocenters. The Labute approximate surface area is 166 Å². The molecule has 2 atom stereocenters. The van der Waals surface area contributed by atoms with Crippen LogP contribution in [-0.4, -0.2) is 31.1 Å². The zero-order valence-corrected chi connectivity index (χ0v) is 16.6. The Morgan fingerprint density at radius 1 is 1.30 bits per heavy atom. The van der Waals surface area contributed by atoms with E-state index >= 15 is 0 Å². The molecule has 0 aliphatic carbocycles. The molecule has 2 N–H and O–H groups in total. The summed E-state index contributed by atoms with van der Waals surface area (Å²) in [5.74, 6) is 1.42. The van der Waals surface area contributed by atoms with Crippen LogP contribution < -0.4 is 15.2 Å². The van der Waals surface area contributed by atoms with Gasteiger partial charge in [0.15, 0.2) is 0 Å². The van der Waals surface area contributed by atoms with Crippen molar-refractivity contribution in [2.75, 3.05) is 20.3 Å². The SMILES string of the molecule is COc1ccc2c(c1)C(N(Cc1ccccc1)C(=O)C(C)CN)CCO2.Cl. The van der Waals surface area contributed by atoms with Gasteiger partial charge in [-0.15, -0.1) is 12.4 Å². The molecule has 0 saturated heterocycles. The zero-order valence-electron chi connectivity index (χ0n) is 15.8. The molecule has 27 heavy (non-hydrogen) atoms. The first kappa shape index (κ1) is 21.1. The van der Waals surface area contributed by atoms with Crippen LogP contribution in [0.5, 0.6) is 11.5 Å². The van der Waals surface area contributed by atoms with Crippen LogP contribution in [0.1, 0.15) is 30.5 Å². The number of benzene rings is 2. The highest BCUT2D eigenvalue weighted by Gasteiger charge is 2.32. The van der Waals surface area contributed by atoms with Crippen molar-refractivity contribution in [3.05, 3.63) is 59.7 Å². The number of hydrogen-bond acceptors (Lipinski definition) is 4. The normalized spacial score (nSPS) is 16.3. The highest BCUT2D eigenvalue weighted by atomic mass is 35.5. The van der Waals surface area contributed by atoms with E-state index < -0.39 is 0 Å². The van der Waals surface area contributed by atoms with Crippen LogP contribution in [-0.2, 0) is 11.3 Å². The van der Waals surface area contributed by atoms with E-state index in [4.69, 9.17) is 15.2 Å². The van der Waals surface area contributed by atoms with E-state index in [0.29, 0.717) is 19.7 Å². The molecule has 0 saturated carbocycles.